The Kier molecular flexibility index (Phi) is 2.84. The highest BCUT2D eigenvalue weighted by molar-refractivity contribution is 5.22. The summed E-state index contributed by atoms with van der Waals surface area (Å²) < 4.78 is 10.3. The van der Waals surface area contributed by atoms with Crippen LogP contribution in [0.3, 0.4) is 0 Å². The van der Waals surface area contributed by atoms with Crippen molar-refractivity contribution in [2.24, 2.45) is 5.92 Å². The minimum Gasteiger partial charge on any atom is -0.477 e. The summed E-state index contributed by atoms with van der Waals surface area (Å²) >= 11 is 0. The Morgan fingerprint density at radius 3 is 2.79 bits per heavy atom. The molecule has 4 heteroatoms. The molecule has 76 valence electrons. The zero-order valence-corrected chi connectivity index (χ0v) is 7.85. The van der Waals surface area contributed by atoms with E-state index >= 15 is 0 Å². The van der Waals surface area contributed by atoms with Gasteiger partial charge < -0.3 is 14.6 Å². The van der Waals surface area contributed by atoms with Gasteiger partial charge in [-0.15, -0.1) is 0 Å². The van der Waals surface area contributed by atoms with Crippen LogP contribution in [0.2, 0.25) is 0 Å². The van der Waals surface area contributed by atoms with Crippen LogP contribution in [0, 0.1) is 5.92 Å². The summed E-state index contributed by atoms with van der Waals surface area (Å²) in [5.41, 5.74) is 0. The highest BCUT2D eigenvalue weighted by Gasteiger charge is 2.21. The van der Waals surface area contributed by atoms with Crippen LogP contribution in [0.15, 0.2) is 18.3 Å². The summed E-state index contributed by atoms with van der Waals surface area (Å²) in [5, 5.41) is 8.49. The zero-order chi connectivity index (χ0) is 9.80. The quantitative estimate of drug-likeness (QED) is 0.717. The fraction of sp³-hybridized carbons (Fsp3) is 0.500. The summed E-state index contributed by atoms with van der Waals surface area (Å²) in [5.74, 6) is 1.89. The highest BCUT2D eigenvalue weighted by atomic mass is 16.6. The molecule has 0 unspecified atom stereocenters. The van der Waals surface area contributed by atoms with Crippen molar-refractivity contribution >= 4 is 0 Å². The normalized spacial score (nSPS) is 15.2. The first-order valence-electron chi connectivity index (χ1n) is 4.71. The molecule has 0 atom stereocenters. The van der Waals surface area contributed by atoms with Crippen molar-refractivity contribution in [2.45, 2.75) is 12.8 Å². The highest BCUT2D eigenvalue weighted by Crippen LogP contribution is 2.29. The second kappa shape index (κ2) is 4.28. The third-order valence-electron chi connectivity index (χ3n) is 2.10. The lowest BCUT2D eigenvalue weighted by Gasteiger charge is -2.05. The van der Waals surface area contributed by atoms with Crippen molar-refractivity contribution in [3.05, 3.63) is 18.3 Å². The van der Waals surface area contributed by atoms with Crippen molar-refractivity contribution in [1.82, 2.24) is 4.98 Å². The van der Waals surface area contributed by atoms with Crippen molar-refractivity contribution in [3.63, 3.8) is 0 Å². The maximum Gasteiger partial charge on any atom is 0.213 e. The molecule has 0 amide bonds. The van der Waals surface area contributed by atoms with Gasteiger partial charge in [0.05, 0.1) is 12.8 Å². The number of aliphatic hydroxyl groups is 1. The number of hydrogen-bond acceptors (Lipinski definition) is 4. The minimum absolute atomic E-state index is 0.329. The minimum atomic E-state index is -0.329. The van der Waals surface area contributed by atoms with Crippen LogP contribution in [0.5, 0.6) is 11.6 Å². The van der Waals surface area contributed by atoms with E-state index in [0.29, 0.717) is 11.6 Å². The molecule has 1 fully saturated rings. The molecule has 1 aromatic rings. The number of ether oxygens (including phenoxy) is 2. The third kappa shape index (κ3) is 2.60. The first-order valence-corrected chi connectivity index (χ1v) is 4.71. The molecule has 1 N–H and O–H groups in total. The SMILES string of the molecule is OCOc1ccc(OCC2CC2)nc1. The van der Waals surface area contributed by atoms with E-state index in [1.807, 2.05) is 0 Å². The first-order chi connectivity index (χ1) is 6.88. The maximum atomic E-state index is 8.49. The predicted molar refractivity (Wildman–Crippen MR) is 50.2 cm³/mol. The summed E-state index contributed by atoms with van der Waals surface area (Å²) in [6.07, 6.45) is 4.08. The van der Waals surface area contributed by atoms with Crippen LogP contribution in [0.25, 0.3) is 0 Å². The Morgan fingerprint density at radius 2 is 2.21 bits per heavy atom. The van der Waals surface area contributed by atoms with E-state index in [4.69, 9.17) is 14.6 Å². The maximum absolute atomic E-state index is 8.49. The molecule has 1 heterocycles. The molecule has 0 spiro atoms. The molecule has 0 aliphatic heterocycles. The van der Waals surface area contributed by atoms with E-state index in [-0.39, 0.29) is 6.79 Å². The number of hydrogen-bond donors (Lipinski definition) is 1. The summed E-state index contributed by atoms with van der Waals surface area (Å²) in [4.78, 5) is 4.04. The average molecular weight is 195 g/mol. The van der Waals surface area contributed by atoms with Crippen LogP contribution >= 0.6 is 0 Å². The zero-order valence-electron chi connectivity index (χ0n) is 7.85. The van der Waals surface area contributed by atoms with E-state index in [2.05, 4.69) is 4.98 Å². The van der Waals surface area contributed by atoms with E-state index in [9.17, 15) is 0 Å². The van der Waals surface area contributed by atoms with Gasteiger partial charge in [-0.3, -0.25) is 0 Å². The molecule has 14 heavy (non-hydrogen) atoms. The topological polar surface area (TPSA) is 51.6 Å². The van der Waals surface area contributed by atoms with Crippen LogP contribution in [-0.4, -0.2) is 23.5 Å². The van der Waals surface area contributed by atoms with Crippen LogP contribution < -0.4 is 9.47 Å². The lowest BCUT2D eigenvalue weighted by Crippen LogP contribution is -2.01. The molecule has 2 rings (SSSR count). The summed E-state index contributed by atoms with van der Waals surface area (Å²) in [6.45, 7) is 0.428. The van der Waals surface area contributed by atoms with Gasteiger partial charge in [-0.05, 0) is 24.8 Å². The second-order valence-corrected chi connectivity index (χ2v) is 3.36. The van der Waals surface area contributed by atoms with Gasteiger partial charge in [-0.2, -0.15) is 0 Å². The Labute approximate surface area is 82.5 Å². The molecule has 1 saturated carbocycles. The summed E-state index contributed by atoms with van der Waals surface area (Å²) in [6, 6.07) is 3.47. The number of aliphatic hydroxyl groups excluding tert-OH is 1. The van der Waals surface area contributed by atoms with Gasteiger partial charge >= 0.3 is 0 Å². The molecule has 1 aliphatic rings. The standard InChI is InChI=1S/C10H13NO3/c12-7-14-9-3-4-10(11-5-9)13-6-8-1-2-8/h3-5,8,12H,1-2,6-7H2. The molecular weight excluding hydrogens is 182 g/mol. The fourth-order valence-corrected chi connectivity index (χ4v) is 1.10. The molecule has 4 nitrogen and oxygen atoms in total. The second-order valence-electron chi connectivity index (χ2n) is 3.36. The van der Waals surface area contributed by atoms with Gasteiger partial charge in [-0.1, -0.05) is 0 Å². The van der Waals surface area contributed by atoms with Crippen molar-refractivity contribution < 1.29 is 14.6 Å². The van der Waals surface area contributed by atoms with Crippen molar-refractivity contribution in [3.8, 4) is 11.6 Å². The molecule has 0 radical (unpaired) electrons. The molecule has 0 bridgehead atoms. The van der Waals surface area contributed by atoms with Gasteiger partial charge in [0.2, 0.25) is 5.88 Å². The molecule has 0 saturated heterocycles. The van der Waals surface area contributed by atoms with Gasteiger partial charge in [-0.25, -0.2) is 4.98 Å². The molecule has 1 aromatic heterocycles. The lowest BCUT2D eigenvalue weighted by atomic mass is 10.4. The van der Waals surface area contributed by atoms with Crippen LogP contribution in [-0.2, 0) is 0 Å². The van der Waals surface area contributed by atoms with Gasteiger partial charge in [0.1, 0.15) is 5.75 Å². The van der Waals surface area contributed by atoms with Crippen molar-refractivity contribution in [1.29, 1.82) is 0 Å². The molecular formula is C10H13NO3. The Bertz CT molecular complexity index is 282. The fourth-order valence-electron chi connectivity index (χ4n) is 1.10. The monoisotopic (exact) mass is 195 g/mol. The molecule has 1 aliphatic carbocycles. The van der Waals surface area contributed by atoms with E-state index in [0.717, 1.165) is 12.5 Å². The van der Waals surface area contributed by atoms with Crippen LogP contribution in [0.4, 0.5) is 0 Å². The Balaban J connectivity index is 1.84. The van der Waals surface area contributed by atoms with Gasteiger partial charge in [0.15, 0.2) is 6.79 Å². The Morgan fingerprint density at radius 1 is 1.36 bits per heavy atom. The van der Waals surface area contributed by atoms with E-state index < -0.39 is 0 Å². The molecule has 0 aromatic carbocycles. The Hall–Kier alpha value is -1.29. The van der Waals surface area contributed by atoms with Crippen molar-refractivity contribution in [2.75, 3.05) is 13.4 Å². The average Bonchev–Trinajstić information content (AvgIpc) is 3.01. The van der Waals surface area contributed by atoms with E-state index in [1.54, 1.807) is 18.3 Å². The number of nitrogens with zero attached hydrogens (tertiary/aromatic N) is 1. The van der Waals surface area contributed by atoms with Crippen LogP contribution in [0.1, 0.15) is 12.8 Å². The number of aromatic nitrogens is 1. The predicted octanol–water partition coefficient (Wildman–Crippen LogP) is 1.20. The number of pyridine rings is 1. The smallest absolute Gasteiger partial charge is 0.213 e. The van der Waals surface area contributed by atoms with E-state index in [1.165, 1.54) is 12.8 Å². The first kappa shape index (κ1) is 9.27. The largest absolute Gasteiger partial charge is 0.477 e. The third-order valence-corrected chi connectivity index (χ3v) is 2.10. The summed E-state index contributed by atoms with van der Waals surface area (Å²) in [7, 11) is 0. The van der Waals surface area contributed by atoms with Gasteiger partial charge in [0, 0.05) is 6.07 Å². The lowest BCUT2D eigenvalue weighted by molar-refractivity contribution is 0.0980. The van der Waals surface area contributed by atoms with Gasteiger partial charge in [0.25, 0.3) is 0 Å². The number of rotatable bonds is 5.